The lowest BCUT2D eigenvalue weighted by Crippen LogP contribution is -2.54. The van der Waals surface area contributed by atoms with Crippen LogP contribution in [0.25, 0.3) is 11.8 Å². The molecule has 0 atom stereocenters. The third kappa shape index (κ3) is 4.54. The van der Waals surface area contributed by atoms with E-state index in [1.54, 1.807) is 18.2 Å². The Morgan fingerprint density at radius 2 is 1.83 bits per heavy atom. The number of hydrogen-bond acceptors (Lipinski definition) is 4. The largest absolute Gasteiger partial charge is 0.478 e. The Hall–Kier alpha value is -3.27. The highest BCUT2D eigenvalue weighted by molar-refractivity contribution is 9.10. The van der Waals surface area contributed by atoms with Gasteiger partial charge in [0.15, 0.2) is 5.11 Å². The average molecular weight is 573 g/mol. The molecule has 2 amide bonds. The number of aromatic carboxylic acids is 1. The molecule has 0 unspecified atom stereocenters. The van der Waals surface area contributed by atoms with Crippen molar-refractivity contribution in [3.05, 3.63) is 85.6 Å². The van der Waals surface area contributed by atoms with Crippen molar-refractivity contribution < 1.29 is 19.5 Å². The van der Waals surface area contributed by atoms with Crippen LogP contribution in [0.15, 0.2) is 52.5 Å². The van der Waals surface area contributed by atoms with E-state index in [1.807, 2.05) is 37.5 Å². The third-order valence-corrected chi connectivity index (χ3v) is 6.82. The molecule has 4 rings (SSSR count). The summed E-state index contributed by atoms with van der Waals surface area (Å²) in [4.78, 5) is 39.0. The molecule has 1 aromatic heterocycles. The zero-order valence-corrected chi connectivity index (χ0v) is 22.0. The van der Waals surface area contributed by atoms with Crippen LogP contribution in [0.5, 0.6) is 0 Å². The van der Waals surface area contributed by atoms with Gasteiger partial charge in [-0.1, -0.05) is 27.5 Å². The summed E-state index contributed by atoms with van der Waals surface area (Å²) in [5, 5.41) is 12.2. The van der Waals surface area contributed by atoms with E-state index in [9.17, 15) is 19.5 Å². The Labute approximate surface area is 220 Å². The molecule has 2 aromatic carbocycles. The van der Waals surface area contributed by atoms with Crippen LogP contribution in [0.2, 0.25) is 5.02 Å². The fourth-order valence-corrected chi connectivity index (χ4v) is 5.00. The van der Waals surface area contributed by atoms with Crippen LogP contribution in [-0.2, 0) is 9.59 Å². The third-order valence-electron chi connectivity index (χ3n) is 5.71. The van der Waals surface area contributed by atoms with E-state index < -0.39 is 17.8 Å². The standard InChI is InChI=1S/C25H19BrClN3O4S/c1-12-8-16(26)4-7-21(12)30-23(32)19(22(31)28-25(30)35)10-15-9-13(2)29(14(15)3)17-5-6-20(27)18(11-17)24(33)34/h4-11H,1-3H3,(H,33,34)(H,28,31,35)/b19-10+. The molecule has 3 aromatic rings. The fourth-order valence-electron chi connectivity index (χ4n) is 4.05. The number of anilines is 1. The normalized spacial score (nSPS) is 15.1. The number of carboxylic acid groups (broad SMARTS) is 1. The predicted molar refractivity (Wildman–Crippen MR) is 142 cm³/mol. The Kier molecular flexibility index (Phi) is 6.68. The van der Waals surface area contributed by atoms with Gasteiger partial charge in [0, 0.05) is 21.5 Å². The molecule has 0 bridgehead atoms. The second-order valence-electron chi connectivity index (χ2n) is 8.02. The van der Waals surface area contributed by atoms with Gasteiger partial charge in [-0.15, -0.1) is 0 Å². The number of halogens is 2. The van der Waals surface area contributed by atoms with Crippen LogP contribution in [0, 0.1) is 20.8 Å². The first-order valence-corrected chi connectivity index (χ1v) is 12.0. The first kappa shape index (κ1) is 24.8. The van der Waals surface area contributed by atoms with Crippen LogP contribution in [0.1, 0.15) is 32.9 Å². The Bertz CT molecular complexity index is 1480. The first-order valence-electron chi connectivity index (χ1n) is 10.4. The van der Waals surface area contributed by atoms with Crippen molar-refractivity contribution >= 4 is 74.4 Å². The number of carbonyl (C=O) groups is 3. The number of aromatic nitrogens is 1. The number of hydrogen-bond donors (Lipinski definition) is 2. The molecule has 178 valence electrons. The van der Waals surface area contributed by atoms with E-state index in [2.05, 4.69) is 21.2 Å². The molecule has 0 spiro atoms. The molecule has 0 saturated carbocycles. The highest BCUT2D eigenvalue weighted by atomic mass is 79.9. The van der Waals surface area contributed by atoms with Crippen molar-refractivity contribution in [1.29, 1.82) is 0 Å². The first-order chi connectivity index (χ1) is 16.5. The zero-order chi connectivity index (χ0) is 25.6. The highest BCUT2D eigenvalue weighted by Gasteiger charge is 2.35. The van der Waals surface area contributed by atoms with Gasteiger partial charge in [0.1, 0.15) is 5.57 Å². The molecule has 7 nitrogen and oxygen atoms in total. The molecule has 2 heterocycles. The van der Waals surface area contributed by atoms with Gasteiger partial charge in [-0.2, -0.15) is 0 Å². The zero-order valence-electron chi connectivity index (χ0n) is 18.8. The van der Waals surface area contributed by atoms with Crippen LogP contribution >= 0.6 is 39.7 Å². The van der Waals surface area contributed by atoms with Gasteiger partial charge in [-0.05, 0) is 92.7 Å². The van der Waals surface area contributed by atoms with E-state index in [-0.39, 0.29) is 21.3 Å². The molecule has 1 saturated heterocycles. The number of amides is 2. The quantitative estimate of drug-likeness (QED) is 0.250. The lowest BCUT2D eigenvalue weighted by atomic mass is 10.1. The second-order valence-corrected chi connectivity index (χ2v) is 9.73. The summed E-state index contributed by atoms with van der Waals surface area (Å²) in [6.45, 7) is 5.52. The van der Waals surface area contributed by atoms with Crippen molar-refractivity contribution in [2.75, 3.05) is 4.90 Å². The van der Waals surface area contributed by atoms with Gasteiger partial charge in [0.05, 0.1) is 16.3 Å². The summed E-state index contributed by atoms with van der Waals surface area (Å²) in [6.07, 6.45) is 1.52. The fraction of sp³-hybridized carbons (Fsp3) is 0.120. The lowest BCUT2D eigenvalue weighted by molar-refractivity contribution is -0.122. The SMILES string of the molecule is Cc1cc(Br)ccc1N1C(=O)/C(=C/c2cc(C)n(-c3ccc(Cl)c(C(=O)O)c3)c2C)C(=O)NC1=S. The number of thiocarbonyl (C=S) groups is 1. The minimum Gasteiger partial charge on any atom is -0.478 e. The van der Waals surface area contributed by atoms with Crippen molar-refractivity contribution in [1.82, 2.24) is 9.88 Å². The number of aryl methyl sites for hydroxylation is 2. The molecule has 0 aliphatic carbocycles. The van der Waals surface area contributed by atoms with Crippen molar-refractivity contribution in [3.63, 3.8) is 0 Å². The summed E-state index contributed by atoms with van der Waals surface area (Å²) >= 11 is 14.7. The molecule has 1 fully saturated rings. The number of carbonyl (C=O) groups excluding carboxylic acids is 2. The number of carboxylic acids is 1. The van der Waals surface area contributed by atoms with Crippen LogP contribution in [0.4, 0.5) is 5.69 Å². The summed E-state index contributed by atoms with van der Waals surface area (Å²) < 4.78 is 2.69. The summed E-state index contributed by atoms with van der Waals surface area (Å²) in [5.41, 5.74) is 4.02. The molecule has 35 heavy (non-hydrogen) atoms. The molecule has 10 heteroatoms. The predicted octanol–water partition coefficient (Wildman–Crippen LogP) is 5.35. The number of nitrogens with zero attached hydrogens (tertiary/aromatic N) is 2. The minimum atomic E-state index is -1.13. The molecular formula is C25H19BrClN3O4S. The Morgan fingerprint density at radius 3 is 2.49 bits per heavy atom. The maximum atomic E-state index is 13.4. The van der Waals surface area contributed by atoms with Gasteiger partial charge < -0.3 is 9.67 Å². The second kappa shape index (κ2) is 9.41. The van der Waals surface area contributed by atoms with Crippen molar-refractivity contribution in [2.45, 2.75) is 20.8 Å². The molecule has 2 N–H and O–H groups in total. The van der Waals surface area contributed by atoms with Gasteiger partial charge in [0.2, 0.25) is 0 Å². The monoisotopic (exact) mass is 571 g/mol. The number of rotatable bonds is 4. The van der Waals surface area contributed by atoms with Gasteiger partial charge in [-0.25, -0.2) is 4.79 Å². The van der Waals surface area contributed by atoms with Crippen LogP contribution in [-0.4, -0.2) is 32.6 Å². The van der Waals surface area contributed by atoms with Gasteiger partial charge in [-0.3, -0.25) is 19.8 Å². The van der Waals surface area contributed by atoms with Crippen LogP contribution in [0.3, 0.4) is 0 Å². The van der Waals surface area contributed by atoms with Crippen molar-refractivity contribution in [2.24, 2.45) is 0 Å². The van der Waals surface area contributed by atoms with Crippen LogP contribution < -0.4 is 10.2 Å². The molecule has 1 aliphatic rings. The number of benzene rings is 2. The summed E-state index contributed by atoms with van der Waals surface area (Å²) in [7, 11) is 0. The Morgan fingerprint density at radius 1 is 1.11 bits per heavy atom. The van der Waals surface area contributed by atoms with E-state index in [0.29, 0.717) is 22.6 Å². The number of nitrogens with one attached hydrogen (secondary N) is 1. The van der Waals surface area contributed by atoms with E-state index in [1.165, 1.54) is 23.1 Å². The molecule has 1 aliphatic heterocycles. The summed E-state index contributed by atoms with van der Waals surface area (Å²) in [6, 6.07) is 11.9. The molecule has 0 radical (unpaired) electrons. The van der Waals surface area contributed by atoms with Gasteiger partial charge >= 0.3 is 5.97 Å². The van der Waals surface area contributed by atoms with Gasteiger partial charge in [0.25, 0.3) is 11.8 Å². The topological polar surface area (TPSA) is 91.6 Å². The highest BCUT2D eigenvalue weighted by Crippen LogP contribution is 2.30. The smallest absolute Gasteiger partial charge is 0.337 e. The van der Waals surface area contributed by atoms with E-state index in [0.717, 1.165) is 15.7 Å². The average Bonchev–Trinajstić information content (AvgIpc) is 3.05. The lowest BCUT2D eigenvalue weighted by Gasteiger charge is -2.30. The maximum absolute atomic E-state index is 13.4. The molecular weight excluding hydrogens is 554 g/mol. The van der Waals surface area contributed by atoms with E-state index >= 15 is 0 Å². The maximum Gasteiger partial charge on any atom is 0.337 e. The minimum absolute atomic E-state index is 0.00964. The van der Waals surface area contributed by atoms with Crippen molar-refractivity contribution in [3.8, 4) is 5.69 Å². The van der Waals surface area contributed by atoms with E-state index in [4.69, 9.17) is 23.8 Å². The Balaban J connectivity index is 1.79. The summed E-state index contributed by atoms with van der Waals surface area (Å²) in [5.74, 6) is -2.26.